The van der Waals surface area contributed by atoms with E-state index in [0.29, 0.717) is 37.1 Å². The lowest BCUT2D eigenvalue weighted by Crippen LogP contribution is -2.56. The third-order valence-corrected chi connectivity index (χ3v) is 6.09. The van der Waals surface area contributed by atoms with Crippen molar-refractivity contribution < 1.29 is 27.5 Å². The van der Waals surface area contributed by atoms with E-state index < -0.39 is 17.8 Å². The number of halogens is 3. The Kier molecular flexibility index (Phi) is 6.81. The molecule has 10 heteroatoms. The molecule has 3 aromatic rings. The second kappa shape index (κ2) is 9.81. The highest BCUT2D eigenvalue weighted by Crippen LogP contribution is 2.37. The standard InChI is InChI=1S/C25H25F3N4O3/c1-35-20-9-8-19(18-7-10-21(25(26,27)28)30-24(18)20)31-11-12-32(23(34)14-22(29)33)17(15-31)13-16-5-3-2-4-6-16/h2-10,17H,11-15H2,1H3,(H2,29,33). The first-order chi connectivity index (χ1) is 16.7. The summed E-state index contributed by atoms with van der Waals surface area (Å²) in [7, 11) is 1.38. The maximum absolute atomic E-state index is 13.3. The number of primary amides is 1. The van der Waals surface area contributed by atoms with Crippen LogP contribution in [0.5, 0.6) is 5.75 Å². The maximum atomic E-state index is 13.3. The second-order valence-electron chi connectivity index (χ2n) is 8.40. The third kappa shape index (κ3) is 5.31. The quantitative estimate of drug-likeness (QED) is 0.540. The molecule has 2 amide bonds. The molecule has 1 atom stereocenters. The van der Waals surface area contributed by atoms with E-state index in [-0.39, 0.29) is 29.6 Å². The van der Waals surface area contributed by atoms with Crippen molar-refractivity contribution in [2.75, 3.05) is 31.6 Å². The Hall–Kier alpha value is -3.82. The highest BCUT2D eigenvalue weighted by atomic mass is 19.4. The molecule has 1 fully saturated rings. The molecule has 0 spiro atoms. The van der Waals surface area contributed by atoms with Gasteiger partial charge in [-0.05, 0) is 36.2 Å². The van der Waals surface area contributed by atoms with Crippen LogP contribution in [0.15, 0.2) is 54.6 Å². The van der Waals surface area contributed by atoms with Crippen LogP contribution in [-0.4, -0.2) is 54.5 Å². The van der Waals surface area contributed by atoms with E-state index in [1.54, 1.807) is 17.0 Å². The summed E-state index contributed by atoms with van der Waals surface area (Å²) in [5.41, 5.74) is 6.09. The molecule has 184 valence electrons. The lowest BCUT2D eigenvalue weighted by Gasteiger charge is -2.43. The number of nitrogens with zero attached hydrogens (tertiary/aromatic N) is 3. The fraction of sp³-hybridized carbons (Fsp3) is 0.320. The summed E-state index contributed by atoms with van der Waals surface area (Å²) in [6.45, 7) is 1.19. The van der Waals surface area contributed by atoms with Crippen LogP contribution in [0.1, 0.15) is 17.7 Å². The van der Waals surface area contributed by atoms with Gasteiger partial charge in [0.1, 0.15) is 23.4 Å². The van der Waals surface area contributed by atoms with Crippen LogP contribution in [0.2, 0.25) is 0 Å². The van der Waals surface area contributed by atoms with Crippen LogP contribution < -0.4 is 15.4 Å². The Bertz CT molecular complexity index is 1230. The van der Waals surface area contributed by atoms with Gasteiger partial charge in [-0.3, -0.25) is 9.59 Å². The molecular formula is C25H25F3N4O3. The van der Waals surface area contributed by atoms with Gasteiger partial charge in [0.15, 0.2) is 0 Å². The van der Waals surface area contributed by atoms with E-state index in [2.05, 4.69) is 4.98 Å². The normalized spacial score (nSPS) is 16.4. The summed E-state index contributed by atoms with van der Waals surface area (Å²) in [6, 6.07) is 15.1. The molecular weight excluding hydrogens is 461 g/mol. The maximum Gasteiger partial charge on any atom is 0.433 e. The Balaban J connectivity index is 1.70. The predicted octanol–water partition coefficient (Wildman–Crippen LogP) is 3.40. The molecule has 4 rings (SSSR count). The van der Waals surface area contributed by atoms with Crippen LogP contribution in [0.3, 0.4) is 0 Å². The minimum Gasteiger partial charge on any atom is -0.494 e. The number of rotatable bonds is 6. The largest absolute Gasteiger partial charge is 0.494 e. The van der Waals surface area contributed by atoms with Crippen molar-refractivity contribution >= 4 is 28.4 Å². The molecule has 1 aliphatic heterocycles. The van der Waals surface area contributed by atoms with E-state index >= 15 is 0 Å². The number of nitrogens with two attached hydrogens (primary N) is 1. The molecule has 0 radical (unpaired) electrons. The minimum absolute atomic E-state index is 0.117. The molecule has 35 heavy (non-hydrogen) atoms. The molecule has 0 aliphatic carbocycles. The van der Waals surface area contributed by atoms with Crippen molar-refractivity contribution in [2.45, 2.75) is 25.1 Å². The van der Waals surface area contributed by atoms with Gasteiger partial charge in [-0.2, -0.15) is 13.2 Å². The smallest absolute Gasteiger partial charge is 0.433 e. The lowest BCUT2D eigenvalue weighted by atomic mass is 10.00. The molecule has 0 saturated carbocycles. The number of methoxy groups -OCH3 is 1. The summed E-state index contributed by atoms with van der Waals surface area (Å²) in [6.07, 6.45) is -4.41. The van der Waals surface area contributed by atoms with Gasteiger partial charge < -0.3 is 20.3 Å². The minimum atomic E-state index is -4.58. The number of hydrogen-bond acceptors (Lipinski definition) is 5. The zero-order valence-electron chi connectivity index (χ0n) is 19.1. The molecule has 2 heterocycles. The van der Waals surface area contributed by atoms with Gasteiger partial charge >= 0.3 is 6.18 Å². The van der Waals surface area contributed by atoms with Crippen molar-refractivity contribution in [1.82, 2.24) is 9.88 Å². The Labute approximate surface area is 200 Å². The first-order valence-electron chi connectivity index (χ1n) is 11.1. The van der Waals surface area contributed by atoms with E-state index in [1.165, 1.54) is 13.2 Å². The van der Waals surface area contributed by atoms with Gasteiger partial charge in [-0.15, -0.1) is 0 Å². The van der Waals surface area contributed by atoms with Crippen molar-refractivity contribution in [3.8, 4) is 5.75 Å². The van der Waals surface area contributed by atoms with Gasteiger partial charge in [-0.1, -0.05) is 30.3 Å². The Morgan fingerprint density at radius 2 is 1.83 bits per heavy atom. The number of fused-ring (bicyclic) bond motifs is 1. The number of pyridine rings is 1. The van der Waals surface area contributed by atoms with Gasteiger partial charge in [0, 0.05) is 30.7 Å². The molecule has 0 bridgehead atoms. The number of hydrogen-bond donors (Lipinski definition) is 1. The van der Waals surface area contributed by atoms with Crippen LogP contribution in [-0.2, 0) is 22.2 Å². The van der Waals surface area contributed by atoms with Crippen LogP contribution in [0.25, 0.3) is 10.9 Å². The van der Waals surface area contributed by atoms with Gasteiger partial charge in [0.2, 0.25) is 11.8 Å². The highest BCUT2D eigenvalue weighted by molar-refractivity contribution is 5.97. The van der Waals surface area contributed by atoms with E-state index in [4.69, 9.17) is 10.5 Å². The first kappa shape index (κ1) is 24.3. The van der Waals surface area contributed by atoms with Gasteiger partial charge in [0.05, 0.1) is 13.2 Å². The van der Waals surface area contributed by atoms with E-state index in [0.717, 1.165) is 11.6 Å². The fourth-order valence-corrected chi connectivity index (χ4v) is 4.49. The van der Waals surface area contributed by atoms with Crippen LogP contribution in [0, 0.1) is 0 Å². The number of carbonyl (C=O) groups is 2. The number of ether oxygens (including phenoxy) is 1. The van der Waals surface area contributed by atoms with Crippen LogP contribution in [0.4, 0.5) is 18.9 Å². The summed E-state index contributed by atoms with van der Waals surface area (Å²) >= 11 is 0. The number of alkyl halides is 3. The second-order valence-corrected chi connectivity index (χ2v) is 8.40. The van der Waals surface area contributed by atoms with Crippen molar-refractivity contribution in [3.63, 3.8) is 0 Å². The average Bonchev–Trinajstić information content (AvgIpc) is 2.82. The first-order valence-corrected chi connectivity index (χ1v) is 11.1. The number of amides is 2. The molecule has 1 aromatic heterocycles. The zero-order chi connectivity index (χ0) is 25.2. The SMILES string of the molecule is COc1ccc(N2CCN(C(=O)CC(N)=O)C(Cc3ccccc3)C2)c2ccc(C(F)(F)F)nc12. The molecule has 1 saturated heterocycles. The number of aromatic nitrogens is 1. The van der Waals surface area contributed by atoms with E-state index in [9.17, 15) is 22.8 Å². The summed E-state index contributed by atoms with van der Waals surface area (Å²) in [4.78, 5) is 31.7. The van der Waals surface area contributed by atoms with Crippen molar-refractivity contribution in [2.24, 2.45) is 5.73 Å². The van der Waals surface area contributed by atoms with Crippen molar-refractivity contribution in [1.29, 1.82) is 0 Å². The predicted molar refractivity (Wildman–Crippen MR) is 125 cm³/mol. The number of anilines is 1. The topological polar surface area (TPSA) is 88.8 Å². The lowest BCUT2D eigenvalue weighted by molar-refractivity contribution is -0.141. The third-order valence-electron chi connectivity index (χ3n) is 6.09. The summed E-state index contributed by atoms with van der Waals surface area (Å²) in [5.74, 6) is -0.788. The van der Waals surface area contributed by atoms with Crippen LogP contribution >= 0.6 is 0 Å². The highest BCUT2D eigenvalue weighted by Gasteiger charge is 2.34. The molecule has 7 nitrogen and oxygen atoms in total. The van der Waals surface area contributed by atoms with Crippen molar-refractivity contribution in [3.05, 3.63) is 65.9 Å². The molecule has 1 aliphatic rings. The Morgan fingerprint density at radius 1 is 1.09 bits per heavy atom. The Morgan fingerprint density at radius 3 is 2.49 bits per heavy atom. The molecule has 2 aromatic carbocycles. The summed E-state index contributed by atoms with van der Waals surface area (Å²) in [5, 5.41) is 0.521. The number of benzene rings is 2. The molecule has 2 N–H and O–H groups in total. The average molecular weight is 486 g/mol. The zero-order valence-corrected chi connectivity index (χ0v) is 19.1. The summed E-state index contributed by atoms with van der Waals surface area (Å²) < 4.78 is 45.1. The number of carbonyl (C=O) groups excluding carboxylic acids is 2. The fourth-order valence-electron chi connectivity index (χ4n) is 4.49. The number of piperazine rings is 1. The van der Waals surface area contributed by atoms with E-state index in [1.807, 2.05) is 35.2 Å². The van der Waals surface area contributed by atoms with Gasteiger partial charge in [0.25, 0.3) is 0 Å². The monoisotopic (exact) mass is 486 g/mol. The molecule has 1 unspecified atom stereocenters. The van der Waals surface area contributed by atoms with Gasteiger partial charge in [-0.25, -0.2) is 4.98 Å².